The first-order chi connectivity index (χ1) is 12.5. The molecule has 0 aliphatic heterocycles. The average molecular weight is 377 g/mol. The number of phenolic OH excluding ortho intramolecular Hbond substituents is 2. The van der Waals surface area contributed by atoms with Crippen molar-refractivity contribution in [2.45, 2.75) is 32.6 Å². The molecular weight excluding hydrogens is 358 g/mol. The molecule has 0 spiro atoms. The summed E-state index contributed by atoms with van der Waals surface area (Å²) in [6.45, 7) is 2.00. The van der Waals surface area contributed by atoms with Gasteiger partial charge in [-0.1, -0.05) is 24.7 Å². The maximum atomic E-state index is 11.8. The van der Waals surface area contributed by atoms with E-state index in [1.807, 2.05) is 6.92 Å². The van der Waals surface area contributed by atoms with Crippen molar-refractivity contribution in [2.75, 3.05) is 5.32 Å². The number of carbonyl (C=O) groups excluding carboxylic acids is 2. The third-order valence-electron chi connectivity index (χ3n) is 3.19. The molecule has 10 heteroatoms. The number of hydrogen-bond donors (Lipinski definition) is 4. The Bertz CT molecular complexity index is 806. The monoisotopic (exact) mass is 377 g/mol. The van der Waals surface area contributed by atoms with Crippen LogP contribution in [0.3, 0.4) is 0 Å². The normalized spacial score (nSPS) is 10.8. The zero-order valence-electron chi connectivity index (χ0n) is 14.1. The molecule has 0 fully saturated rings. The third kappa shape index (κ3) is 6.13. The Hall–Kier alpha value is -3.01. The number of rotatable bonds is 8. The van der Waals surface area contributed by atoms with Gasteiger partial charge in [0.15, 0.2) is 0 Å². The minimum absolute atomic E-state index is 0.0403. The molecule has 1 heterocycles. The molecule has 0 saturated carbocycles. The lowest BCUT2D eigenvalue weighted by Crippen LogP contribution is -2.19. The Kier molecular flexibility index (Phi) is 7.03. The van der Waals surface area contributed by atoms with Crippen LogP contribution in [0.5, 0.6) is 11.5 Å². The molecule has 2 rings (SSSR count). The molecule has 0 bridgehead atoms. The molecular formula is C16H19N5O4S. The van der Waals surface area contributed by atoms with Crippen LogP contribution in [0.4, 0.5) is 5.13 Å². The van der Waals surface area contributed by atoms with Crippen LogP contribution >= 0.6 is 11.3 Å². The van der Waals surface area contributed by atoms with Gasteiger partial charge >= 0.3 is 0 Å². The first kappa shape index (κ1) is 19.3. The Morgan fingerprint density at radius 1 is 1.27 bits per heavy atom. The summed E-state index contributed by atoms with van der Waals surface area (Å²) in [6.07, 6.45) is 3.37. The summed E-state index contributed by atoms with van der Waals surface area (Å²) in [7, 11) is 0. The highest BCUT2D eigenvalue weighted by Gasteiger charge is 2.11. The van der Waals surface area contributed by atoms with Crippen LogP contribution in [0.25, 0.3) is 0 Å². The topological polar surface area (TPSA) is 137 Å². The fraction of sp³-hybridized carbons (Fsp3) is 0.312. The summed E-state index contributed by atoms with van der Waals surface area (Å²) >= 11 is 1.12. The molecule has 0 aliphatic carbocycles. The van der Waals surface area contributed by atoms with Crippen molar-refractivity contribution in [3.63, 3.8) is 0 Å². The number of amides is 2. The number of carbonyl (C=O) groups is 2. The third-order valence-corrected chi connectivity index (χ3v) is 4.03. The van der Waals surface area contributed by atoms with Crippen LogP contribution in [-0.2, 0) is 16.0 Å². The average Bonchev–Trinajstić information content (AvgIpc) is 3.01. The van der Waals surface area contributed by atoms with Gasteiger partial charge in [-0.05, 0) is 18.6 Å². The minimum Gasteiger partial charge on any atom is -0.508 e. The maximum Gasteiger partial charge on any atom is 0.247 e. The predicted octanol–water partition coefficient (Wildman–Crippen LogP) is 1.77. The first-order valence-corrected chi connectivity index (χ1v) is 8.75. The summed E-state index contributed by atoms with van der Waals surface area (Å²) < 4.78 is 0. The summed E-state index contributed by atoms with van der Waals surface area (Å²) in [5.74, 6) is -0.773. The van der Waals surface area contributed by atoms with E-state index in [4.69, 9.17) is 0 Å². The van der Waals surface area contributed by atoms with Crippen molar-refractivity contribution >= 4 is 34.5 Å². The van der Waals surface area contributed by atoms with Crippen LogP contribution in [0.15, 0.2) is 23.3 Å². The molecule has 1 aromatic carbocycles. The number of hydrazone groups is 1. The van der Waals surface area contributed by atoms with Gasteiger partial charge in [-0.2, -0.15) is 5.10 Å². The van der Waals surface area contributed by atoms with Crippen LogP contribution in [-0.4, -0.2) is 38.4 Å². The highest BCUT2D eigenvalue weighted by Crippen LogP contribution is 2.20. The van der Waals surface area contributed by atoms with Gasteiger partial charge < -0.3 is 15.5 Å². The lowest BCUT2D eigenvalue weighted by Gasteiger charge is -2.00. The van der Waals surface area contributed by atoms with E-state index in [2.05, 4.69) is 26.0 Å². The molecule has 0 atom stereocenters. The van der Waals surface area contributed by atoms with Gasteiger partial charge in [-0.25, -0.2) is 5.43 Å². The van der Waals surface area contributed by atoms with E-state index in [9.17, 15) is 19.8 Å². The highest BCUT2D eigenvalue weighted by atomic mass is 32.1. The number of unbranched alkanes of at least 4 members (excludes halogenated alkanes) is 1. The highest BCUT2D eigenvalue weighted by molar-refractivity contribution is 7.15. The fourth-order valence-corrected chi connectivity index (χ4v) is 2.64. The van der Waals surface area contributed by atoms with E-state index in [1.165, 1.54) is 24.4 Å². The molecule has 0 unspecified atom stereocenters. The lowest BCUT2D eigenvalue weighted by molar-refractivity contribution is -0.120. The zero-order valence-corrected chi connectivity index (χ0v) is 14.9. The number of nitrogens with zero attached hydrogens (tertiary/aromatic N) is 3. The molecule has 1 aromatic heterocycles. The van der Waals surface area contributed by atoms with E-state index in [1.54, 1.807) is 0 Å². The van der Waals surface area contributed by atoms with Gasteiger partial charge in [-0.15, -0.1) is 10.2 Å². The van der Waals surface area contributed by atoms with E-state index in [0.717, 1.165) is 24.2 Å². The van der Waals surface area contributed by atoms with Gasteiger partial charge in [0.05, 0.1) is 12.6 Å². The number of anilines is 1. The quantitative estimate of drug-likeness (QED) is 0.409. The van der Waals surface area contributed by atoms with Gasteiger partial charge in [0.2, 0.25) is 16.9 Å². The standard InChI is InChI=1S/C16H19N5O4S/c1-2-3-4-13(24)18-16-21-20-15(26-16)8-14(25)19-17-9-10-5-6-11(22)7-12(10)23/h5-7,9,22-23H,2-4,8H2,1H3,(H,19,25)(H,18,21,24)/b17-9-. The molecule has 26 heavy (non-hydrogen) atoms. The number of phenols is 2. The number of benzene rings is 1. The first-order valence-electron chi connectivity index (χ1n) is 7.94. The molecule has 9 nitrogen and oxygen atoms in total. The molecule has 138 valence electrons. The SMILES string of the molecule is CCCCC(=O)Nc1nnc(CC(=O)N/N=C\c2ccc(O)cc2O)s1. The van der Waals surface area contributed by atoms with Gasteiger partial charge in [0, 0.05) is 18.1 Å². The van der Waals surface area contributed by atoms with Crippen molar-refractivity contribution in [3.8, 4) is 11.5 Å². The van der Waals surface area contributed by atoms with Crippen molar-refractivity contribution in [1.82, 2.24) is 15.6 Å². The number of aromatic hydroxyl groups is 2. The van der Waals surface area contributed by atoms with E-state index in [0.29, 0.717) is 22.1 Å². The second kappa shape index (κ2) is 9.47. The second-order valence-corrected chi connectivity index (χ2v) is 6.43. The van der Waals surface area contributed by atoms with Gasteiger partial charge in [0.25, 0.3) is 0 Å². The molecule has 4 N–H and O–H groups in total. The Morgan fingerprint density at radius 3 is 2.81 bits per heavy atom. The predicted molar refractivity (Wildman–Crippen MR) is 97.3 cm³/mol. The smallest absolute Gasteiger partial charge is 0.247 e. The molecule has 2 amide bonds. The Balaban J connectivity index is 1.82. The van der Waals surface area contributed by atoms with Crippen molar-refractivity contribution in [3.05, 3.63) is 28.8 Å². The summed E-state index contributed by atoms with van der Waals surface area (Å²) in [6, 6.07) is 4.01. The fourth-order valence-electron chi connectivity index (χ4n) is 1.89. The second-order valence-electron chi connectivity index (χ2n) is 5.37. The number of aromatic nitrogens is 2. The zero-order chi connectivity index (χ0) is 18.9. The summed E-state index contributed by atoms with van der Waals surface area (Å²) in [4.78, 5) is 23.5. The van der Waals surface area contributed by atoms with Crippen LogP contribution in [0, 0.1) is 0 Å². The van der Waals surface area contributed by atoms with Crippen LogP contribution in [0.1, 0.15) is 36.8 Å². The molecule has 0 radical (unpaired) electrons. The number of hydrogen-bond acceptors (Lipinski definition) is 8. The van der Waals surface area contributed by atoms with Crippen LogP contribution < -0.4 is 10.7 Å². The lowest BCUT2D eigenvalue weighted by atomic mass is 10.2. The summed E-state index contributed by atoms with van der Waals surface area (Å²) in [5.41, 5.74) is 2.65. The summed E-state index contributed by atoms with van der Waals surface area (Å²) in [5, 5.41) is 33.7. The van der Waals surface area contributed by atoms with E-state index < -0.39 is 5.91 Å². The van der Waals surface area contributed by atoms with E-state index >= 15 is 0 Å². The largest absolute Gasteiger partial charge is 0.508 e. The number of nitrogens with one attached hydrogen (secondary N) is 2. The molecule has 2 aromatic rings. The van der Waals surface area contributed by atoms with Crippen molar-refractivity contribution < 1.29 is 19.8 Å². The Morgan fingerprint density at radius 2 is 2.08 bits per heavy atom. The minimum atomic E-state index is -0.417. The van der Waals surface area contributed by atoms with E-state index in [-0.39, 0.29) is 23.8 Å². The van der Waals surface area contributed by atoms with Gasteiger partial charge in [-0.3, -0.25) is 9.59 Å². The molecule has 0 saturated heterocycles. The molecule has 0 aliphatic rings. The van der Waals surface area contributed by atoms with Crippen molar-refractivity contribution in [1.29, 1.82) is 0 Å². The van der Waals surface area contributed by atoms with Crippen molar-refractivity contribution in [2.24, 2.45) is 5.10 Å². The Labute approximate surface area is 153 Å². The maximum absolute atomic E-state index is 11.8. The van der Waals surface area contributed by atoms with Crippen LogP contribution in [0.2, 0.25) is 0 Å². The van der Waals surface area contributed by atoms with Gasteiger partial charge in [0.1, 0.15) is 16.5 Å².